The fourth-order valence-electron chi connectivity index (χ4n) is 3.71. The summed E-state index contributed by atoms with van der Waals surface area (Å²) in [7, 11) is 0. The summed E-state index contributed by atoms with van der Waals surface area (Å²) in [4.78, 5) is 17.5. The number of likely N-dealkylation sites (tertiary alicyclic amines) is 1. The van der Waals surface area contributed by atoms with Crippen molar-refractivity contribution in [1.29, 1.82) is 0 Å². The van der Waals surface area contributed by atoms with E-state index in [2.05, 4.69) is 70.6 Å². The van der Waals surface area contributed by atoms with Gasteiger partial charge in [0.2, 0.25) is 0 Å². The largest absolute Gasteiger partial charge is 0.363 e. The van der Waals surface area contributed by atoms with Gasteiger partial charge in [-0.25, -0.2) is 0 Å². The lowest BCUT2D eigenvalue weighted by Gasteiger charge is -2.36. The molecule has 1 heterocycles. The number of carbonyl (C=O) groups is 1. The summed E-state index contributed by atoms with van der Waals surface area (Å²) >= 11 is 0. The molecule has 0 spiro atoms. The minimum Gasteiger partial charge on any atom is -0.363 e. The van der Waals surface area contributed by atoms with Crippen molar-refractivity contribution in [2.45, 2.75) is 25.7 Å². The average Bonchev–Trinajstić information content (AvgIpc) is 2.65. The molecule has 0 aromatic heterocycles. The van der Waals surface area contributed by atoms with E-state index in [0.717, 1.165) is 25.9 Å². The predicted molar refractivity (Wildman–Crippen MR) is 110 cm³/mol. The Kier molecular flexibility index (Phi) is 7.86. The second kappa shape index (κ2) is 10.1. The summed E-state index contributed by atoms with van der Waals surface area (Å²) in [6.07, 6.45) is 4.14. The van der Waals surface area contributed by atoms with E-state index in [1.54, 1.807) is 6.92 Å². The zero-order valence-corrected chi connectivity index (χ0v) is 16.1. The van der Waals surface area contributed by atoms with Crippen LogP contribution in [0.2, 0.25) is 0 Å². The van der Waals surface area contributed by atoms with Gasteiger partial charge in [-0.1, -0.05) is 60.7 Å². The molecule has 0 N–H and O–H groups in total. The number of aliphatic imine (C=N–C) groups is 1. The van der Waals surface area contributed by atoms with Crippen LogP contribution in [0.3, 0.4) is 0 Å². The predicted octanol–water partition coefficient (Wildman–Crippen LogP) is 4.57. The summed E-state index contributed by atoms with van der Waals surface area (Å²) in [6, 6.07) is 21.7. The van der Waals surface area contributed by atoms with E-state index >= 15 is 0 Å². The summed E-state index contributed by atoms with van der Waals surface area (Å²) < 4.78 is 0. The Morgan fingerprint density at radius 1 is 1.04 bits per heavy atom. The number of hydrogen-bond donors (Lipinski definition) is 0. The van der Waals surface area contributed by atoms with Gasteiger partial charge in [0, 0.05) is 19.0 Å². The third kappa shape index (κ3) is 5.43. The van der Waals surface area contributed by atoms with Gasteiger partial charge in [0.1, 0.15) is 0 Å². The molecule has 3 rings (SSSR count). The first kappa shape index (κ1) is 20.2. The first-order chi connectivity index (χ1) is 12.2. The number of halogens is 1. The smallest absolute Gasteiger partial charge is 0.151 e. The van der Waals surface area contributed by atoms with Crippen LogP contribution in [0.1, 0.15) is 36.8 Å². The zero-order valence-electron chi connectivity index (χ0n) is 15.3. The quantitative estimate of drug-likeness (QED) is 0.551. The number of hydrogen-bond acceptors (Lipinski definition) is 2. The molecule has 0 radical (unpaired) electrons. The normalized spacial score (nSPS) is 15.2. The molecule has 2 aromatic carbocycles. The molecule has 138 valence electrons. The highest BCUT2D eigenvalue weighted by molar-refractivity contribution is 5.85. The number of ketones is 1. The van der Waals surface area contributed by atoms with Crippen LogP contribution in [0.25, 0.3) is 0 Å². The number of piperidine rings is 1. The second-order valence-electron chi connectivity index (χ2n) is 6.83. The Bertz CT molecular complexity index is 655. The van der Waals surface area contributed by atoms with Crippen molar-refractivity contribution in [2.75, 3.05) is 19.6 Å². The van der Waals surface area contributed by atoms with Gasteiger partial charge in [0.25, 0.3) is 0 Å². The molecule has 1 aliphatic rings. The highest BCUT2D eigenvalue weighted by Crippen LogP contribution is 2.37. The van der Waals surface area contributed by atoms with Gasteiger partial charge in [0.15, 0.2) is 5.78 Å². The standard InChI is InChI=1S/C22H26N2O.ClH/c1-18(25)16-23-17-24-14-12-21(13-15-24)22(19-8-4-2-5-9-19)20-10-6-3-7-11-20;/h2-11,17,21-22H,12-16H2,1H3;1H. The van der Waals surface area contributed by atoms with Crippen molar-refractivity contribution < 1.29 is 4.79 Å². The third-order valence-electron chi connectivity index (χ3n) is 4.92. The molecular formula is C22H27ClN2O. The maximum atomic E-state index is 11.0. The summed E-state index contributed by atoms with van der Waals surface area (Å²) in [5.41, 5.74) is 2.80. The van der Waals surface area contributed by atoms with Crippen molar-refractivity contribution in [2.24, 2.45) is 10.9 Å². The van der Waals surface area contributed by atoms with Gasteiger partial charge in [0.05, 0.1) is 12.9 Å². The van der Waals surface area contributed by atoms with Gasteiger partial charge in [-0.3, -0.25) is 9.79 Å². The van der Waals surface area contributed by atoms with Crippen LogP contribution in [0.15, 0.2) is 65.7 Å². The highest BCUT2D eigenvalue weighted by Gasteiger charge is 2.28. The van der Waals surface area contributed by atoms with Gasteiger partial charge >= 0.3 is 0 Å². The van der Waals surface area contributed by atoms with Crippen LogP contribution in [0.5, 0.6) is 0 Å². The first-order valence-corrected chi connectivity index (χ1v) is 9.07. The second-order valence-corrected chi connectivity index (χ2v) is 6.83. The third-order valence-corrected chi connectivity index (χ3v) is 4.92. The van der Waals surface area contributed by atoms with Gasteiger partial charge in [-0.05, 0) is 36.8 Å². The van der Waals surface area contributed by atoms with Gasteiger partial charge in [-0.2, -0.15) is 0 Å². The van der Waals surface area contributed by atoms with Crippen molar-refractivity contribution in [3.63, 3.8) is 0 Å². The molecule has 2 aromatic rings. The van der Waals surface area contributed by atoms with E-state index in [1.165, 1.54) is 11.1 Å². The lowest BCUT2D eigenvalue weighted by Crippen LogP contribution is -2.35. The molecule has 0 atom stereocenters. The van der Waals surface area contributed by atoms with E-state index in [-0.39, 0.29) is 24.7 Å². The first-order valence-electron chi connectivity index (χ1n) is 9.07. The molecule has 1 aliphatic heterocycles. The Morgan fingerprint density at radius 3 is 2.00 bits per heavy atom. The summed E-state index contributed by atoms with van der Waals surface area (Å²) in [5, 5.41) is 0. The fourth-order valence-corrected chi connectivity index (χ4v) is 3.71. The number of rotatable bonds is 6. The zero-order chi connectivity index (χ0) is 17.5. The highest BCUT2D eigenvalue weighted by atomic mass is 35.5. The van der Waals surface area contributed by atoms with E-state index in [1.807, 2.05) is 6.34 Å². The van der Waals surface area contributed by atoms with E-state index in [4.69, 9.17) is 0 Å². The molecule has 1 saturated heterocycles. The van der Waals surface area contributed by atoms with Crippen molar-refractivity contribution >= 4 is 24.5 Å². The van der Waals surface area contributed by atoms with Crippen LogP contribution in [0.4, 0.5) is 0 Å². The SMILES string of the molecule is CC(=O)CN=CN1CCC(C(c2ccccc2)c2ccccc2)CC1.Cl. The lowest BCUT2D eigenvalue weighted by molar-refractivity contribution is -0.115. The average molecular weight is 371 g/mol. The molecule has 26 heavy (non-hydrogen) atoms. The minimum absolute atomic E-state index is 0. The molecular weight excluding hydrogens is 344 g/mol. The molecule has 0 bridgehead atoms. The van der Waals surface area contributed by atoms with E-state index in [0.29, 0.717) is 11.8 Å². The topological polar surface area (TPSA) is 32.7 Å². The molecule has 4 heteroatoms. The Hall–Kier alpha value is -2.13. The number of Topliss-reactive ketones (excluding diaryl/α,β-unsaturated/α-hetero) is 1. The van der Waals surface area contributed by atoms with Crippen LogP contribution >= 0.6 is 12.4 Å². The van der Waals surface area contributed by atoms with Crippen LogP contribution < -0.4 is 0 Å². The molecule has 0 amide bonds. The maximum Gasteiger partial charge on any atom is 0.151 e. The maximum absolute atomic E-state index is 11.0. The Morgan fingerprint density at radius 2 is 1.54 bits per heavy atom. The van der Waals surface area contributed by atoms with Crippen LogP contribution in [0, 0.1) is 5.92 Å². The Balaban J connectivity index is 0.00000243. The molecule has 3 nitrogen and oxygen atoms in total. The monoisotopic (exact) mass is 370 g/mol. The van der Waals surface area contributed by atoms with E-state index in [9.17, 15) is 4.79 Å². The molecule has 0 saturated carbocycles. The Labute approximate surface area is 162 Å². The van der Waals surface area contributed by atoms with Gasteiger partial charge in [-0.15, -0.1) is 12.4 Å². The van der Waals surface area contributed by atoms with E-state index < -0.39 is 0 Å². The number of nitrogens with zero attached hydrogens (tertiary/aromatic N) is 2. The minimum atomic E-state index is 0. The van der Waals surface area contributed by atoms with Gasteiger partial charge < -0.3 is 4.90 Å². The summed E-state index contributed by atoms with van der Waals surface area (Å²) in [6.45, 7) is 3.87. The van der Waals surface area contributed by atoms with Crippen molar-refractivity contribution in [3.8, 4) is 0 Å². The summed E-state index contributed by atoms with van der Waals surface area (Å²) in [5.74, 6) is 1.18. The van der Waals surface area contributed by atoms with Crippen molar-refractivity contribution in [3.05, 3.63) is 71.8 Å². The molecule has 0 aliphatic carbocycles. The number of carbonyl (C=O) groups excluding carboxylic acids is 1. The van der Waals surface area contributed by atoms with Crippen molar-refractivity contribution in [1.82, 2.24) is 4.90 Å². The lowest BCUT2D eigenvalue weighted by atomic mass is 9.76. The number of benzene rings is 2. The molecule has 1 fully saturated rings. The van der Waals surface area contributed by atoms with Crippen LogP contribution in [-0.2, 0) is 4.79 Å². The van der Waals surface area contributed by atoms with Crippen LogP contribution in [-0.4, -0.2) is 36.7 Å². The fraction of sp³-hybridized carbons (Fsp3) is 0.364. The molecule has 0 unspecified atom stereocenters.